The molecular weight excluding hydrogens is 449 g/mol. The van der Waals surface area contributed by atoms with Crippen LogP contribution < -0.4 is 10.9 Å². The van der Waals surface area contributed by atoms with Crippen molar-refractivity contribution >= 4 is 34.4 Å². The second-order valence-corrected chi connectivity index (χ2v) is 7.29. The number of fused-ring (bicyclic) bond motifs is 1. The summed E-state index contributed by atoms with van der Waals surface area (Å²) in [5.74, 6) is -0.693. The van der Waals surface area contributed by atoms with E-state index >= 15 is 0 Å². The third-order valence-electron chi connectivity index (χ3n) is 4.53. The van der Waals surface area contributed by atoms with Gasteiger partial charge in [0.15, 0.2) is 11.2 Å². The van der Waals surface area contributed by atoms with Gasteiger partial charge in [-0.2, -0.15) is 13.2 Å². The number of benzene rings is 2. The van der Waals surface area contributed by atoms with Crippen LogP contribution in [0.4, 0.5) is 18.9 Å². The standard InChI is InChI=1S/C20H14ClF3N6O2/c21-14-6-4-12(5-7-14)9-30-18-17(27-28-30)19(32)29(11-25-18)10-16(31)26-15-3-1-2-13(8-15)20(22,23)24/h1-8,11H,9-10H2,(H,26,31). The topological polar surface area (TPSA) is 94.7 Å². The van der Waals surface area contributed by atoms with Crippen molar-refractivity contribution in [3.8, 4) is 0 Å². The van der Waals surface area contributed by atoms with E-state index in [1.165, 1.54) is 16.8 Å². The maximum atomic E-state index is 12.8. The summed E-state index contributed by atoms with van der Waals surface area (Å²) < 4.78 is 40.9. The van der Waals surface area contributed by atoms with Crippen LogP contribution in [0.25, 0.3) is 11.2 Å². The van der Waals surface area contributed by atoms with Gasteiger partial charge in [-0.3, -0.25) is 14.2 Å². The monoisotopic (exact) mass is 462 g/mol. The first-order valence-electron chi connectivity index (χ1n) is 9.21. The van der Waals surface area contributed by atoms with Crippen molar-refractivity contribution < 1.29 is 18.0 Å². The zero-order valence-corrected chi connectivity index (χ0v) is 16.9. The molecule has 1 amide bonds. The maximum absolute atomic E-state index is 12.8. The molecule has 0 fully saturated rings. The molecule has 32 heavy (non-hydrogen) atoms. The molecule has 0 bridgehead atoms. The summed E-state index contributed by atoms with van der Waals surface area (Å²) in [5, 5.41) is 10.7. The van der Waals surface area contributed by atoms with E-state index in [9.17, 15) is 22.8 Å². The lowest BCUT2D eigenvalue weighted by Crippen LogP contribution is -2.28. The molecule has 0 aliphatic heterocycles. The predicted octanol–water partition coefficient (Wildman–Crippen LogP) is 3.35. The first kappa shape index (κ1) is 21.5. The molecule has 0 saturated carbocycles. The van der Waals surface area contributed by atoms with Crippen molar-refractivity contribution in [2.75, 3.05) is 5.32 Å². The van der Waals surface area contributed by atoms with E-state index in [0.717, 1.165) is 28.6 Å². The molecule has 0 spiro atoms. The Morgan fingerprint density at radius 3 is 2.59 bits per heavy atom. The fraction of sp³-hybridized carbons (Fsp3) is 0.150. The third kappa shape index (κ3) is 4.62. The number of amides is 1. The Bertz CT molecular complexity index is 1350. The van der Waals surface area contributed by atoms with E-state index in [2.05, 4.69) is 20.6 Å². The van der Waals surface area contributed by atoms with Crippen molar-refractivity contribution in [2.24, 2.45) is 0 Å². The zero-order valence-electron chi connectivity index (χ0n) is 16.2. The Kier molecular flexibility index (Phi) is 5.66. The van der Waals surface area contributed by atoms with Gasteiger partial charge in [0, 0.05) is 10.7 Å². The van der Waals surface area contributed by atoms with Gasteiger partial charge in [0.1, 0.15) is 12.9 Å². The van der Waals surface area contributed by atoms with Crippen LogP contribution in [0.1, 0.15) is 11.1 Å². The van der Waals surface area contributed by atoms with Crippen LogP contribution >= 0.6 is 11.6 Å². The molecule has 0 atom stereocenters. The molecule has 164 valence electrons. The quantitative estimate of drug-likeness (QED) is 0.491. The number of nitrogens with one attached hydrogen (secondary N) is 1. The van der Waals surface area contributed by atoms with Crippen LogP contribution in [0.3, 0.4) is 0 Å². The van der Waals surface area contributed by atoms with Crippen molar-refractivity contribution in [3.63, 3.8) is 0 Å². The summed E-state index contributed by atoms with van der Waals surface area (Å²) in [5.41, 5.74) is -0.467. The minimum atomic E-state index is -4.54. The molecular formula is C20H14ClF3N6O2. The summed E-state index contributed by atoms with van der Waals surface area (Å²) in [6.07, 6.45) is -3.37. The van der Waals surface area contributed by atoms with Crippen LogP contribution in [0, 0.1) is 0 Å². The van der Waals surface area contributed by atoms with Crippen LogP contribution in [0.5, 0.6) is 0 Å². The summed E-state index contributed by atoms with van der Waals surface area (Å²) in [6, 6.07) is 11.2. The number of halogens is 4. The molecule has 0 aliphatic rings. The number of nitrogens with zero attached hydrogens (tertiary/aromatic N) is 5. The highest BCUT2D eigenvalue weighted by atomic mass is 35.5. The number of anilines is 1. The van der Waals surface area contributed by atoms with E-state index in [4.69, 9.17) is 11.6 Å². The number of hydrogen-bond donors (Lipinski definition) is 1. The minimum absolute atomic E-state index is 0.0340. The molecule has 8 nitrogen and oxygen atoms in total. The Morgan fingerprint density at radius 1 is 1.12 bits per heavy atom. The van der Waals surface area contributed by atoms with Crippen molar-refractivity contribution in [2.45, 2.75) is 19.3 Å². The van der Waals surface area contributed by atoms with E-state index in [0.29, 0.717) is 11.6 Å². The molecule has 12 heteroatoms. The number of rotatable bonds is 5. The van der Waals surface area contributed by atoms with Gasteiger partial charge in [-0.15, -0.1) is 5.10 Å². The number of hydrogen-bond acceptors (Lipinski definition) is 5. The molecule has 2 heterocycles. The molecule has 0 unspecified atom stereocenters. The summed E-state index contributed by atoms with van der Waals surface area (Å²) in [4.78, 5) is 29.1. The highest BCUT2D eigenvalue weighted by Crippen LogP contribution is 2.30. The maximum Gasteiger partial charge on any atom is 0.416 e. The minimum Gasteiger partial charge on any atom is -0.325 e. The van der Waals surface area contributed by atoms with Gasteiger partial charge in [-0.25, -0.2) is 9.67 Å². The fourth-order valence-corrected chi connectivity index (χ4v) is 3.12. The van der Waals surface area contributed by atoms with Crippen LogP contribution in [0.15, 0.2) is 59.7 Å². The Balaban J connectivity index is 1.51. The Morgan fingerprint density at radius 2 is 1.88 bits per heavy atom. The molecule has 0 aliphatic carbocycles. The second kappa shape index (κ2) is 8.42. The number of alkyl halides is 3. The predicted molar refractivity (Wildman–Crippen MR) is 110 cm³/mol. The van der Waals surface area contributed by atoms with Crippen LogP contribution in [0.2, 0.25) is 5.02 Å². The lowest BCUT2D eigenvalue weighted by atomic mass is 10.2. The highest BCUT2D eigenvalue weighted by Gasteiger charge is 2.30. The summed E-state index contributed by atoms with van der Waals surface area (Å²) in [6.45, 7) is -0.151. The fourth-order valence-electron chi connectivity index (χ4n) is 3.00. The lowest BCUT2D eigenvalue weighted by Gasteiger charge is -2.10. The van der Waals surface area contributed by atoms with Crippen LogP contribution in [-0.2, 0) is 24.1 Å². The highest BCUT2D eigenvalue weighted by molar-refractivity contribution is 6.30. The van der Waals surface area contributed by atoms with Gasteiger partial charge in [0.05, 0.1) is 12.1 Å². The lowest BCUT2D eigenvalue weighted by molar-refractivity contribution is -0.137. The Hall–Kier alpha value is -3.73. The molecule has 0 radical (unpaired) electrons. The van der Waals surface area contributed by atoms with Crippen molar-refractivity contribution in [1.29, 1.82) is 0 Å². The second-order valence-electron chi connectivity index (χ2n) is 6.85. The van der Waals surface area contributed by atoms with Gasteiger partial charge in [-0.1, -0.05) is 35.0 Å². The smallest absolute Gasteiger partial charge is 0.325 e. The number of carbonyl (C=O) groups excluding carboxylic acids is 1. The normalized spacial score (nSPS) is 11.6. The largest absolute Gasteiger partial charge is 0.416 e. The molecule has 0 saturated heterocycles. The van der Waals surface area contributed by atoms with Gasteiger partial charge in [0.25, 0.3) is 5.56 Å². The van der Waals surface area contributed by atoms with Gasteiger partial charge in [0.2, 0.25) is 5.91 Å². The average Bonchev–Trinajstić information content (AvgIpc) is 3.15. The van der Waals surface area contributed by atoms with E-state index in [-0.39, 0.29) is 16.9 Å². The number of carbonyl (C=O) groups is 1. The van der Waals surface area contributed by atoms with E-state index < -0.39 is 29.8 Å². The van der Waals surface area contributed by atoms with E-state index in [1.807, 2.05) is 0 Å². The molecule has 2 aromatic heterocycles. The zero-order chi connectivity index (χ0) is 22.9. The molecule has 1 N–H and O–H groups in total. The number of aromatic nitrogens is 5. The first-order chi connectivity index (χ1) is 15.2. The first-order valence-corrected chi connectivity index (χ1v) is 9.59. The molecule has 4 aromatic rings. The molecule has 2 aromatic carbocycles. The van der Waals surface area contributed by atoms with Gasteiger partial charge in [-0.05, 0) is 35.9 Å². The van der Waals surface area contributed by atoms with Gasteiger partial charge >= 0.3 is 6.18 Å². The van der Waals surface area contributed by atoms with Crippen molar-refractivity contribution in [1.82, 2.24) is 24.5 Å². The van der Waals surface area contributed by atoms with Gasteiger partial charge < -0.3 is 5.32 Å². The van der Waals surface area contributed by atoms with E-state index in [1.54, 1.807) is 24.3 Å². The summed E-state index contributed by atoms with van der Waals surface area (Å²) in [7, 11) is 0. The third-order valence-corrected chi connectivity index (χ3v) is 4.78. The summed E-state index contributed by atoms with van der Waals surface area (Å²) >= 11 is 5.87. The van der Waals surface area contributed by atoms with Crippen LogP contribution in [-0.4, -0.2) is 30.5 Å². The average molecular weight is 463 g/mol. The van der Waals surface area contributed by atoms with Crippen molar-refractivity contribution in [3.05, 3.63) is 81.4 Å². The SMILES string of the molecule is O=C(Cn1cnc2c(nnn2Cc2ccc(Cl)cc2)c1=O)Nc1cccc(C(F)(F)F)c1. The molecule has 4 rings (SSSR count). The Labute approximate surface area is 183 Å².